The highest BCUT2D eigenvalue weighted by Crippen LogP contribution is 2.22. The average Bonchev–Trinajstić information content (AvgIpc) is 2.68. The Balaban J connectivity index is 1.71. The maximum Gasteiger partial charge on any atom is 0.251 e. The van der Waals surface area contributed by atoms with E-state index in [0.29, 0.717) is 13.1 Å². The molecule has 28 heavy (non-hydrogen) atoms. The van der Waals surface area contributed by atoms with E-state index >= 15 is 0 Å². The molecule has 1 aliphatic heterocycles. The number of nitrogens with zero attached hydrogens (tertiary/aromatic N) is 1. The maximum absolute atomic E-state index is 13.9. The first kappa shape index (κ1) is 20.4. The first-order chi connectivity index (χ1) is 13.3. The van der Waals surface area contributed by atoms with Gasteiger partial charge in [0.1, 0.15) is 11.6 Å². The molecule has 0 aliphatic carbocycles. The second kappa shape index (κ2) is 8.36. The molecule has 0 saturated carbocycles. The molecule has 2 aromatic rings. The standard InChI is InChI=1S/C20H22F2N2O3S/c1-14(18-10-7-16(21)13-19(18)22)23-20(25)15-5-8-17(9-6-15)28(26,27)24-11-3-2-4-12-24/h5-10,13-14H,2-4,11-12H2,1H3,(H,23,25)/t14-/m0/s1. The quantitative estimate of drug-likeness (QED) is 0.822. The predicted octanol–water partition coefficient (Wildman–Crippen LogP) is 3.63. The zero-order valence-electron chi connectivity index (χ0n) is 15.5. The van der Waals surface area contributed by atoms with Gasteiger partial charge in [0, 0.05) is 30.3 Å². The Labute approximate surface area is 163 Å². The van der Waals surface area contributed by atoms with Crippen LogP contribution in [-0.4, -0.2) is 31.7 Å². The lowest BCUT2D eigenvalue weighted by Crippen LogP contribution is -2.35. The van der Waals surface area contributed by atoms with E-state index in [-0.39, 0.29) is 16.0 Å². The third-order valence-corrected chi connectivity index (χ3v) is 6.76. The van der Waals surface area contributed by atoms with Crippen LogP contribution in [0, 0.1) is 11.6 Å². The molecule has 5 nitrogen and oxygen atoms in total. The molecule has 1 atom stereocenters. The largest absolute Gasteiger partial charge is 0.345 e. The van der Waals surface area contributed by atoms with Crippen molar-refractivity contribution in [2.75, 3.05) is 13.1 Å². The van der Waals surface area contributed by atoms with Crippen LogP contribution < -0.4 is 5.32 Å². The maximum atomic E-state index is 13.9. The van der Waals surface area contributed by atoms with Crippen LogP contribution in [0.1, 0.15) is 48.1 Å². The van der Waals surface area contributed by atoms with Crippen molar-refractivity contribution >= 4 is 15.9 Å². The Morgan fingerprint density at radius 3 is 2.29 bits per heavy atom. The fraction of sp³-hybridized carbons (Fsp3) is 0.350. The minimum absolute atomic E-state index is 0.142. The summed E-state index contributed by atoms with van der Waals surface area (Å²) in [7, 11) is -3.56. The van der Waals surface area contributed by atoms with E-state index in [1.165, 1.54) is 34.6 Å². The van der Waals surface area contributed by atoms with E-state index in [1.54, 1.807) is 6.92 Å². The molecular weight excluding hydrogens is 386 g/mol. The van der Waals surface area contributed by atoms with Gasteiger partial charge in [-0.25, -0.2) is 17.2 Å². The Morgan fingerprint density at radius 2 is 1.68 bits per heavy atom. The number of carbonyl (C=O) groups is 1. The van der Waals surface area contributed by atoms with Gasteiger partial charge in [-0.15, -0.1) is 0 Å². The molecule has 1 aliphatic rings. The van der Waals surface area contributed by atoms with Gasteiger partial charge >= 0.3 is 0 Å². The third kappa shape index (κ3) is 4.39. The molecule has 8 heteroatoms. The van der Waals surface area contributed by atoms with Crippen molar-refractivity contribution in [3.63, 3.8) is 0 Å². The van der Waals surface area contributed by atoms with Gasteiger partial charge in [-0.05, 0) is 50.1 Å². The zero-order chi connectivity index (χ0) is 20.3. The summed E-state index contributed by atoms with van der Waals surface area (Å²) in [5, 5.41) is 2.63. The van der Waals surface area contributed by atoms with E-state index < -0.39 is 33.6 Å². The third-order valence-electron chi connectivity index (χ3n) is 4.85. The molecule has 150 valence electrons. The summed E-state index contributed by atoms with van der Waals surface area (Å²) in [6.07, 6.45) is 2.72. The molecule has 0 aromatic heterocycles. The smallest absolute Gasteiger partial charge is 0.251 e. The second-order valence-electron chi connectivity index (χ2n) is 6.85. The normalized spacial score (nSPS) is 16.5. The molecule has 0 unspecified atom stereocenters. The number of benzene rings is 2. The zero-order valence-corrected chi connectivity index (χ0v) is 16.3. The highest BCUT2D eigenvalue weighted by Gasteiger charge is 2.26. The van der Waals surface area contributed by atoms with E-state index in [2.05, 4.69) is 5.32 Å². The van der Waals surface area contributed by atoms with Crippen LogP contribution in [0.4, 0.5) is 8.78 Å². The Kier molecular flexibility index (Phi) is 6.10. The Morgan fingerprint density at radius 1 is 1.04 bits per heavy atom. The number of sulfonamides is 1. The van der Waals surface area contributed by atoms with Crippen LogP contribution in [-0.2, 0) is 10.0 Å². The number of hydrogen-bond acceptors (Lipinski definition) is 3. The Bertz CT molecular complexity index is 956. The second-order valence-corrected chi connectivity index (χ2v) is 8.79. The van der Waals surface area contributed by atoms with Gasteiger partial charge in [-0.2, -0.15) is 4.31 Å². The van der Waals surface area contributed by atoms with Crippen LogP contribution in [0.2, 0.25) is 0 Å². The Hall–Kier alpha value is -2.32. The fourth-order valence-corrected chi connectivity index (χ4v) is 4.76. The summed E-state index contributed by atoms with van der Waals surface area (Å²) < 4.78 is 53.6. The number of piperidine rings is 1. The minimum Gasteiger partial charge on any atom is -0.345 e. The predicted molar refractivity (Wildman–Crippen MR) is 101 cm³/mol. The van der Waals surface area contributed by atoms with Crippen LogP contribution in [0.3, 0.4) is 0 Å². The molecular formula is C20H22F2N2O3S. The molecule has 0 spiro atoms. The number of hydrogen-bond donors (Lipinski definition) is 1. The van der Waals surface area contributed by atoms with Crippen molar-refractivity contribution < 1.29 is 22.0 Å². The van der Waals surface area contributed by atoms with Crippen LogP contribution >= 0.6 is 0 Å². The molecule has 1 saturated heterocycles. The molecule has 3 rings (SSSR count). The van der Waals surface area contributed by atoms with Crippen LogP contribution in [0.15, 0.2) is 47.4 Å². The summed E-state index contributed by atoms with van der Waals surface area (Å²) in [5.41, 5.74) is 0.422. The lowest BCUT2D eigenvalue weighted by molar-refractivity contribution is 0.0939. The van der Waals surface area contributed by atoms with Crippen molar-refractivity contribution in [2.45, 2.75) is 37.1 Å². The van der Waals surface area contributed by atoms with Gasteiger partial charge in [0.2, 0.25) is 10.0 Å². The molecule has 0 radical (unpaired) electrons. The van der Waals surface area contributed by atoms with Gasteiger partial charge in [0.05, 0.1) is 10.9 Å². The molecule has 1 fully saturated rings. The van der Waals surface area contributed by atoms with Gasteiger partial charge in [0.15, 0.2) is 0 Å². The van der Waals surface area contributed by atoms with Crippen molar-refractivity contribution in [1.82, 2.24) is 9.62 Å². The monoisotopic (exact) mass is 408 g/mol. The van der Waals surface area contributed by atoms with Crippen LogP contribution in [0.5, 0.6) is 0 Å². The molecule has 1 amide bonds. The summed E-state index contributed by atoms with van der Waals surface area (Å²) in [6.45, 7) is 2.60. The number of amides is 1. The highest BCUT2D eigenvalue weighted by atomic mass is 32.2. The number of carbonyl (C=O) groups excluding carboxylic acids is 1. The average molecular weight is 408 g/mol. The number of rotatable bonds is 5. The highest BCUT2D eigenvalue weighted by molar-refractivity contribution is 7.89. The molecule has 0 bridgehead atoms. The topological polar surface area (TPSA) is 66.5 Å². The van der Waals surface area contributed by atoms with E-state index in [1.807, 2.05) is 0 Å². The molecule has 1 heterocycles. The molecule has 1 N–H and O–H groups in total. The molecule has 2 aromatic carbocycles. The van der Waals surface area contributed by atoms with Gasteiger partial charge in [-0.1, -0.05) is 12.5 Å². The van der Waals surface area contributed by atoms with Crippen LogP contribution in [0.25, 0.3) is 0 Å². The van der Waals surface area contributed by atoms with E-state index in [9.17, 15) is 22.0 Å². The van der Waals surface area contributed by atoms with Crippen molar-refractivity contribution in [2.24, 2.45) is 0 Å². The van der Waals surface area contributed by atoms with Gasteiger partial charge < -0.3 is 5.32 Å². The summed E-state index contributed by atoms with van der Waals surface area (Å²) >= 11 is 0. The SMILES string of the molecule is C[C@H](NC(=O)c1ccc(S(=O)(=O)N2CCCCC2)cc1)c1ccc(F)cc1F. The summed E-state index contributed by atoms with van der Waals surface area (Å²) in [5.74, 6) is -1.90. The lowest BCUT2D eigenvalue weighted by atomic mass is 10.1. The number of nitrogens with one attached hydrogen (secondary N) is 1. The van der Waals surface area contributed by atoms with E-state index in [0.717, 1.165) is 31.4 Å². The van der Waals surface area contributed by atoms with E-state index in [4.69, 9.17) is 0 Å². The fourth-order valence-electron chi connectivity index (χ4n) is 3.24. The first-order valence-electron chi connectivity index (χ1n) is 9.15. The number of halogens is 2. The summed E-state index contributed by atoms with van der Waals surface area (Å²) in [4.78, 5) is 12.5. The van der Waals surface area contributed by atoms with Gasteiger partial charge in [0.25, 0.3) is 5.91 Å². The van der Waals surface area contributed by atoms with Crippen molar-refractivity contribution in [1.29, 1.82) is 0 Å². The van der Waals surface area contributed by atoms with Crippen molar-refractivity contribution in [3.05, 3.63) is 65.2 Å². The minimum atomic E-state index is -3.56. The summed E-state index contributed by atoms with van der Waals surface area (Å²) in [6, 6.07) is 8.16. The van der Waals surface area contributed by atoms with Gasteiger partial charge in [-0.3, -0.25) is 4.79 Å². The lowest BCUT2D eigenvalue weighted by Gasteiger charge is -2.25. The van der Waals surface area contributed by atoms with Crippen molar-refractivity contribution in [3.8, 4) is 0 Å². The first-order valence-corrected chi connectivity index (χ1v) is 10.6.